The molecule has 2 aromatic rings. The van der Waals surface area contributed by atoms with Crippen LogP contribution in [-0.2, 0) is 11.1 Å². The van der Waals surface area contributed by atoms with Gasteiger partial charge in [0.15, 0.2) is 16.9 Å². The minimum Gasteiger partial charge on any atom is -0.302 e. The van der Waals surface area contributed by atoms with Crippen molar-refractivity contribution in [3.05, 3.63) is 53.6 Å². The standard InChI is InChI=1S/C13H8O3S/c14-13-10-5-2-1-4-8(10)9-6-3-7-11(12(9)13)17(15)16/h1-7H,(H,15,16). The van der Waals surface area contributed by atoms with E-state index >= 15 is 0 Å². The molecule has 0 radical (unpaired) electrons. The van der Waals surface area contributed by atoms with Crippen LogP contribution in [0.5, 0.6) is 0 Å². The van der Waals surface area contributed by atoms with Gasteiger partial charge >= 0.3 is 0 Å². The van der Waals surface area contributed by atoms with Crippen LogP contribution < -0.4 is 0 Å². The van der Waals surface area contributed by atoms with Gasteiger partial charge in [-0.1, -0.05) is 36.4 Å². The number of benzene rings is 2. The van der Waals surface area contributed by atoms with Crippen molar-refractivity contribution in [2.24, 2.45) is 0 Å². The van der Waals surface area contributed by atoms with Crippen LogP contribution in [0.2, 0.25) is 0 Å². The summed E-state index contributed by atoms with van der Waals surface area (Å²) in [6.45, 7) is 0. The Balaban J connectivity index is 2.38. The van der Waals surface area contributed by atoms with E-state index in [4.69, 9.17) is 0 Å². The Morgan fingerprint density at radius 1 is 0.882 bits per heavy atom. The third-order valence-corrected chi connectivity index (χ3v) is 3.62. The summed E-state index contributed by atoms with van der Waals surface area (Å²) in [6, 6.07) is 12.2. The largest absolute Gasteiger partial charge is 0.302 e. The fourth-order valence-electron chi connectivity index (χ4n) is 2.19. The van der Waals surface area contributed by atoms with Crippen LogP contribution in [0.25, 0.3) is 11.1 Å². The van der Waals surface area contributed by atoms with Gasteiger partial charge in [0.1, 0.15) is 0 Å². The molecule has 3 rings (SSSR count). The van der Waals surface area contributed by atoms with Crippen molar-refractivity contribution < 1.29 is 13.6 Å². The summed E-state index contributed by atoms with van der Waals surface area (Å²) < 4.78 is 20.4. The zero-order chi connectivity index (χ0) is 12.0. The maximum Gasteiger partial charge on any atom is 0.195 e. The van der Waals surface area contributed by atoms with E-state index in [-0.39, 0.29) is 10.7 Å². The molecule has 0 aromatic heterocycles. The van der Waals surface area contributed by atoms with Gasteiger partial charge in [-0.2, -0.15) is 0 Å². The molecular formula is C13H8O3S. The van der Waals surface area contributed by atoms with Gasteiger partial charge in [-0.3, -0.25) is 4.79 Å². The number of ketones is 1. The highest BCUT2D eigenvalue weighted by Gasteiger charge is 2.29. The third kappa shape index (κ3) is 1.38. The smallest absolute Gasteiger partial charge is 0.195 e. The van der Waals surface area contributed by atoms with Gasteiger partial charge < -0.3 is 4.55 Å². The Morgan fingerprint density at radius 2 is 1.53 bits per heavy atom. The minimum atomic E-state index is -2.14. The fourth-order valence-corrected chi connectivity index (χ4v) is 2.76. The van der Waals surface area contributed by atoms with Crippen molar-refractivity contribution in [2.45, 2.75) is 4.90 Å². The van der Waals surface area contributed by atoms with Gasteiger partial charge in [-0.15, -0.1) is 0 Å². The maximum atomic E-state index is 12.2. The van der Waals surface area contributed by atoms with Gasteiger partial charge in [0, 0.05) is 11.1 Å². The van der Waals surface area contributed by atoms with Crippen molar-refractivity contribution in [3.63, 3.8) is 0 Å². The molecule has 17 heavy (non-hydrogen) atoms. The first-order valence-corrected chi connectivity index (χ1v) is 6.19. The molecule has 0 amide bonds. The van der Waals surface area contributed by atoms with Crippen molar-refractivity contribution in [1.29, 1.82) is 0 Å². The van der Waals surface area contributed by atoms with Crippen LogP contribution in [0.3, 0.4) is 0 Å². The summed E-state index contributed by atoms with van der Waals surface area (Å²) in [5.41, 5.74) is 2.53. The Kier molecular flexibility index (Phi) is 2.21. The molecule has 84 valence electrons. The molecule has 0 spiro atoms. The highest BCUT2D eigenvalue weighted by molar-refractivity contribution is 7.79. The molecule has 2 aromatic carbocycles. The molecule has 3 nitrogen and oxygen atoms in total. The molecule has 1 aliphatic rings. The summed E-state index contributed by atoms with van der Waals surface area (Å²) in [5.74, 6) is -0.173. The third-order valence-electron chi connectivity index (χ3n) is 2.90. The van der Waals surface area contributed by atoms with E-state index in [2.05, 4.69) is 0 Å². The second kappa shape index (κ2) is 3.61. The van der Waals surface area contributed by atoms with Crippen LogP contribution in [0.4, 0.5) is 0 Å². The fraction of sp³-hybridized carbons (Fsp3) is 0. The number of rotatable bonds is 1. The van der Waals surface area contributed by atoms with Crippen molar-refractivity contribution in [1.82, 2.24) is 0 Å². The normalized spacial score (nSPS) is 14.3. The van der Waals surface area contributed by atoms with Crippen molar-refractivity contribution in [2.75, 3.05) is 0 Å². The number of fused-ring (bicyclic) bond motifs is 3. The van der Waals surface area contributed by atoms with Gasteiger partial charge in [0.05, 0.1) is 4.90 Å². The lowest BCUT2D eigenvalue weighted by molar-refractivity contribution is 0.104. The monoisotopic (exact) mass is 244 g/mol. The van der Waals surface area contributed by atoms with Crippen molar-refractivity contribution >= 4 is 16.9 Å². The van der Waals surface area contributed by atoms with Crippen LogP contribution in [0.15, 0.2) is 47.4 Å². The van der Waals surface area contributed by atoms with Crippen molar-refractivity contribution in [3.8, 4) is 11.1 Å². The molecule has 1 atom stereocenters. The van der Waals surface area contributed by atoms with Gasteiger partial charge in [-0.25, -0.2) is 4.21 Å². The molecule has 0 heterocycles. The zero-order valence-electron chi connectivity index (χ0n) is 8.71. The lowest BCUT2D eigenvalue weighted by Gasteiger charge is -2.02. The summed E-state index contributed by atoms with van der Waals surface area (Å²) in [7, 11) is 0. The summed E-state index contributed by atoms with van der Waals surface area (Å²) in [4.78, 5) is 12.4. The average Bonchev–Trinajstić information content (AvgIpc) is 2.64. The number of carbonyl (C=O) groups excluding carboxylic acids is 1. The Bertz CT molecular complexity index is 661. The van der Waals surface area contributed by atoms with E-state index in [0.29, 0.717) is 11.1 Å². The second-order valence-electron chi connectivity index (χ2n) is 3.80. The first-order chi connectivity index (χ1) is 8.20. The predicted molar refractivity (Wildman–Crippen MR) is 64.3 cm³/mol. The summed E-state index contributed by atoms with van der Waals surface area (Å²) >= 11 is -2.14. The molecule has 0 saturated carbocycles. The van der Waals surface area contributed by atoms with E-state index in [1.54, 1.807) is 24.3 Å². The highest BCUT2D eigenvalue weighted by Crippen LogP contribution is 2.38. The Labute approximate surface area is 100 Å². The summed E-state index contributed by atoms with van der Waals surface area (Å²) in [6.07, 6.45) is 0. The van der Waals surface area contributed by atoms with Gasteiger partial charge in [0.2, 0.25) is 0 Å². The number of hydrogen-bond acceptors (Lipinski definition) is 2. The quantitative estimate of drug-likeness (QED) is 0.669. The molecule has 4 heteroatoms. The number of hydrogen-bond donors (Lipinski definition) is 1. The molecule has 0 bridgehead atoms. The van der Waals surface area contributed by atoms with E-state index < -0.39 is 11.1 Å². The molecular weight excluding hydrogens is 236 g/mol. The Hall–Kier alpha value is -1.78. The Morgan fingerprint density at radius 3 is 2.24 bits per heavy atom. The van der Waals surface area contributed by atoms with Crippen LogP contribution in [0, 0.1) is 0 Å². The van der Waals surface area contributed by atoms with E-state index in [1.165, 1.54) is 6.07 Å². The van der Waals surface area contributed by atoms with Crippen LogP contribution in [-0.4, -0.2) is 14.5 Å². The van der Waals surface area contributed by atoms with E-state index in [1.807, 2.05) is 12.1 Å². The van der Waals surface area contributed by atoms with Gasteiger partial charge in [-0.05, 0) is 17.2 Å². The zero-order valence-corrected chi connectivity index (χ0v) is 9.53. The topological polar surface area (TPSA) is 54.4 Å². The second-order valence-corrected chi connectivity index (χ2v) is 4.74. The molecule has 1 unspecified atom stereocenters. The molecule has 1 N–H and O–H groups in total. The van der Waals surface area contributed by atoms with E-state index in [0.717, 1.165) is 11.1 Å². The molecule has 0 saturated heterocycles. The van der Waals surface area contributed by atoms with E-state index in [9.17, 15) is 13.6 Å². The maximum absolute atomic E-state index is 12.2. The lowest BCUT2D eigenvalue weighted by atomic mass is 10.1. The first-order valence-electron chi connectivity index (χ1n) is 5.08. The predicted octanol–water partition coefficient (Wildman–Crippen LogP) is 2.48. The average molecular weight is 244 g/mol. The van der Waals surface area contributed by atoms with Gasteiger partial charge in [0.25, 0.3) is 0 Å². The molecule has 1 aliphatic carbocycles. The SMILES string of the molecule is O=C1c2ccccc2-c2cccc(S(=O)O)c21. The lowest BCUT2D eigenvalue weighted by Crippen LogP contribution is -2.01. The molecule has 0 fully saturated rings. The van der Waals surface area contributed by atoms with Crippen LogP contribution in [0.1, 0.15) is 15.9 Å². The highest BCUT2D eigenvalue weighted by atomic mass is 32.2. The first kappa shape index (κ1) is 10.4. The molecule has 0 aliphatic heterocycles. The van der Waals surface area contributed by atoms with Crippen LogP contribution >= 0.6 is 0 Å². The number of carbonyl (C=O) groups is 1. The summed E-state index contributed by atoms with van der Waals surface area (Å²) in [5, 5.41) is 0. The minimum absolute atomic E-state index is 0.173.